The number of piperidine rings is 1. The quantitative estimate of drug-likeness (QED) is 0.927. The summed E-state index contributed by atoms with van der Waals surface area (Å²) in [5, 5.41) is 2.91. The van der Waals surface area contributed by atoms with Crippen LogP contribution in [0.4, 0.5) is 0 Å². The first-order valence-corrected chi connectivity index (χ1v) is 8.59. The lowest BCUT2D eigenvalue weighted by Gasteiger charge is -2.30. The maximum Gasteiger partial charge on any atom is 0.223 e. The van der Waals surface area contributed by atoms with Crippen molar-refractivity contribution in [2.45, 2.75) is 33.2 Å². The first-order chi connectivity index (χ1) is 12.0. The number of nitrogens with one attached hydrogen (secondary N) is 1. The summed E-state index contributed by atoms with van der Waals surface area (Å²) >= 11 is 0. The lowest BCUT2D eigenvalue weighted by Crippen LogP contribution is -2.42. The smallest absolute Gasteiger partial charge is 0.223 e. The minimum atomic E-state index is -0.0553. The van der Waals surface area contributed by atoms with Gasteiger partial charge in [0.15, 0.2) is 0 Å². The second kappa shape index (κ2) is 7.51. The van der Waals surface area contributed by atoms with Crippen LogP contribution in [0.3, 0.4) is 0 Å². The van der Waals surface area contributed by atoms with Crippen LogP contribution in [-0.2, 0) is 16.1 Å². The third-order valence-corrected chi connectivity index (χ3v) is 4.61. The number of carbonyl (C=O) groups excluding carboxylic acids is 2. The van der Waals surface area contributed by atoms with E-state index in [9.17, 15) is 9.59 Å². The lowest BCUT2D eigenvalue weighted by atomic mass is 9.96. The van der Waals surface area contributed by atoms with Crippen LogP contribution in [0.25, 0.3) is 11.3 Å². The average Bonchev–Trinajstić information content (AvgIpc) is 3.01. The number of benzene rings is 1. The standard InChI is InChI=1S/C19H23N3O3/c1-13-18(15-6-4-3-5-7-15)21-17(25-13)12-20-19(24)16-8-10-22(11-9-16)14(2)23/h3-7,16H,8-12H2,1-2H3,(H,20,24). The Bertz CT molecular complexity index is 747. The summed E-state index contributed by atoms with van der Waals surface area (Å²) in [5.74, 6) is 1.26. The van der Waals surface area contributed by atoms with Crippen LogP contribution in [0.5, 0.6) is 0 Å². The van der Waals surface area contributed by atoms with Crippen molar-refractivity contribution >= 4 is 11.8 Å². The maximum atomic E-state index is 12.3. The van der Waals surface area contributed by atoms with Crippen molar-refractivity contribution in [3.8, 4) is 11.3 Å². The molecule has 0 atom stereocenters. The van der Waals surface area contributed by atoms with Gasteiger partial charge in [-0.25, -0.2) is 4.98 Å². The molecule has 1 aliphatic rings. The van der Waals surface area contributed by atoms with Gasteiger partial charge in [-0.05, 0) is 19.8 Å². The first-order valence-electron chi connectivity index (χ1n) is 8.59. The van der Waals surface area contributed by atoms with Gasteiger partial charge in [-0.15, -0.1) is 0 Å². The number of amides is 2. The molecule has 0 unspecified atom stereocenters. The Balaban J connectivity index is 1.56. The van der Waals surface area contributed by atoms with Gasteiger partial charge in [-0.3, -0.25) is 9.59 Å². The number of aromatic nitrogens is 1. The Morgan fingerprint density at radius 2 is 1.92 bits per heavy atom. The van der Waals surface area contributed by atoms with E-state index in [4.69, 9.17) is 4.42 Å². The summed E-state index contributed by atoms with van der Waals surface area (Å²) in [6, 6.07) is 9.83. The largest absolute Gasteiger partial charge is 0.443 e. The van der Waals surface area contributed by atoms with E-state index < -0.39 is 0 Å². The summed E-state index contributed by atoms with van der Waals surface area (Å²) in [7, 11) is 0. The third kappa shape index (κ3) is 4.07. The van der Waals surface area contributed by atoms with Gasteiger partial charge in [-0.2, -0.15) is 0 Å². The monoisotopic (exact) mass is 341 g/mol. The number of hydrogen-bond acceptors (Lipinski definition) is 4. The second-order valence-electron chi connectivity index (χ2n) is 6.38. The van der Waals surface area contributed by atoms with Gasteiger partial charge < -0.3 is 14.6 Å². The zero-order chi connectivity index (χ0) is 17.8. The van der Waals surface area contributed by atoms with Gasteiger partial charge in [0.25, 0.3) is 0 Å². The summed E-state index contributed by atoms with van der Waals surface area (Å²) in [5.41, 5.74) is 1.80. The van der Waals surface area contributed by atoms with Crippen molar-refractivity contribution in [1.29, 1.82) is 0 Å². The van der Waals surface area contributed by atoms with Crippen LogP contribution in [0.1, 0.15) is 31.4 Å². The number of aryl methyl sites for hydroxylation is 1. The fraction of sp³-hybridized carbons (Fsp3) is 0.421. The molecular weight excluding hydrogens is 318 g/mol. The van der Waals surface area contributed by atoms with Gasteiger partial charge >= 0.3 is 0 Å². The first kappa shape index (κ1) is 17.2. The predicted molar refractivity (Wildman–Crippen MR) is 93.5 cm³/mol. The number of oxazole rings is 1. The van der Waals surface area contributed by atoms with Crippen LogP contribution >= 0.6 is 0 Å². The Morgan fingerprint density at radius 1 is 1.24 bits per heavy atom. The average molecular weight is 341 g/mol. The zero-order valence-electron chi connectivity index (χ0n) is 14.6. The maximum absolute atomic E-state index is 12.3. The number of nitrogens with zero attached hydrogens (tertiary/aromatic N) is 2. The van der Waals surface area contributed by atoms with Crippen molar-refractivity contribution in [2.24, 2.45) is 5.92 Å². The van der Waals surface area contributed by atoms with Gasteiger partial charge in [0.1, 0.15) is 11.5 Å². The minimum absolute atomic E-state index is 0.000293. The molecule has 2 aromatic rings. The molecule has 1 aromatic heterocycles. The van der Waals surface area contributed by atoms with Gasteiger partial charge in [0.05, 0.1) is 6.54 Å². The highest BCUT2D eigenvalue weighted by molar-refractivity contribution is 5.79. The summed E-state index contributed by atoms with van der Waals surface area (Å²) < 4.78 is 5.68. The summed E-state index contributed by atoms with van der Waals surface area (Å²) in [4.78, 5) is 30.0. The van der Waals surface area contributed by atoms with E-state index >= 15 is 0 Å². The molecule has 6 heteroatoms. The lowest BCUT2D eigenvalue weighted by molar-refractivity contribution is -0.134. The second-order valence-corrected chi connectivity index (χ2v) is 6.38. The molecule has 0 radical (unpaired) electrons. The molecule has 1 saturated heterocycles. The minimum Gasteiger partial charge on any atom is -0.443 e. The van der Waals surface area contributed by atoms with Crippen LogP contribution in [-0.4, -0.2) is 34.8 Å². The van der Waals surface area contributed by atoms with Crippen LogP contribution in [0.15, 0.2) is 34.7 Å². The molecular formula is C19H23N3O3. The van der Waals surface area contributed by atoms with E-state index in [1.807, 2.05) is 37.3 Å². The molecule has 3 rings (SSSR count). The van der Waals surface area contributed by atoms with Crippen molar-refractivity contribution in [3.63, 3.8) is 0 Å². The Kier molecular flexibility index (Phi) is 5.16. The fourth-order valence-electron chi connectivity index (χ4n) is 3.15. The third-order valence-electron chi connectivity index (χ3n) is 4.61. The summed E-state index contributed by atoms with van der Waals surface area (Å²) in [6.07, 6.45) is 1.40. The molecule has 2 heterocycles. The van der Waals surface area contributed by atoms with Crippen molar-refractivity contribution < 1.29 is 14.0 Å². The molecule has 25 heavy (non-hydrogen) atoms. The van der Waals surface area contributed by atoms with Crippen LogP contribution in [0.2, 0.25) is 0 Å². The zero-order valence-corrected chi connectivity index (χ0v) is 14.6. The van der Waals surface area contributed by atoms with Crippen LogP contribution in [0, 0.1) is 12.8 Å². The van der Waals surface area contributed by atoms with Crippen LogP contribution < -0.4 is 5.32 Å². The normalized spacial score (nSPS) is 15.2. The fourth-order valence-corrected chi connectivity index (χ4v) is 3.15. The molecule has 0 saturated carbocycles. The number of hydrogen-bond donors (Lipinski definition) is 1. The molecule has 1 N–H and O–H groups in total. The molecule has 0 aliphatic carbocycles. The molecule has 0 spiro atoms. The van der Waals surface area contributed by atoms with Crippen molar-refractivity contribution in [2.75, 3.05) is 13.1 Å². The molecule has 132 valence electrons. The summed E-state index contributed by atoms with van der Waals surface area (Å²) in [6.45, 7) is 5.00. The highest BCUT2D eigenvalue weighted by Gasteiger charge is 2.26. The topological polar surface area (TPSA) is 75.4 Å². The molecule has 1 fully saturated rings. The van der Waals surface area contributed by atoms with Gasteiger partial charge in [0, 0.05) is 31.5 Å². The van der Waals surface area contributed by atoms with E-state index in [-0.39, 0.29) is 24.3 Å². The molecule has 2 amide bonds. The predicted octanol–water partition coefficient (Wildman–Crippen LogP) is 2.52. The van der Waals surface area contributed by atoms with Gasteiger partial charge in [-0.1, -0.05) is 30.3 Å². The highest BCUT2D eigenvalue weighted by Crippen LogP contribution is 2.23. The number of carbonyl (C=O) groups is 2. The van der Waals surface area contributed by atoms with Crippen molar-refractivity contribution in [3.05, 3.63) is 42.0 Å². The molecule has 0 bridgehead atoms. The van der Waals surface area contributed by atoms with E-state index in [0.29, 0.717) is 31.8 Å². The highest BCUT2D eigenvalue weighted by atomic mass is 16.4. The Morgan fingerprint density at radius 3 is 2.56 bits per heavy atom. The molecule has 6 nitrogen and oxygen atoms in total. The molecule has 1 aliphatic heterocycles. The molecule has 1 aromatic carbocycles. The van der Waals surface area contributed by atoms with E-state index in [0.717, 1.165) is 17.0 Å². The number of likely N-dealkylation sites (tertiary alicyclic amines) is 1. The van der Waals surface area contributed by atoms with Gasteiger partial charge in [0.2, 0.25) is 17.7 Å². The number of rotatable bonds is 4. The van der Waals surface area contributed by atoms with Crippen molar-refractivity contribution in [1.82, 2.24) is 15.2 Å². The van der Waals surface area contributed by atoms with E-state index in [2.05, 4.69) is 10.3 Å². The Labute approximate surface area is 147 Å². The SMILES string of the molecule is CC(=O)N1CCC(C(=O)NCc2nc(-c3ccccc3)c(C)o2)CC1. The Hall–Kier alpha value is -2.63. The van der Waals surface area contributed by atoms with E-state index in [1.165, 1.54) is 0 Å². The van der Waals surface area contributed by atoms with E-state index in [1.54, 1.807) is 11.8 Å².